The molecule has 0 aromatic heterocycles. The average molecular weight is 184 g/mol. The van der Waals surface area contributed by atoms with Crippen LogP contribution in [0.3, 0.4) is 0 Å². The maximum atomic E-state index is 10.8. The van der Waals surface area contributed by atoms with Crippen molar-refractivity contribution in [1.29, 1.82) is 0 Å². The Kier molecular flexibility index (Phi) is 3.31. The Labute approximate surface area is 80.5 Å². The Morgan fingerprint density at radius 2 is 1.92 bits per heavy atom. The van der Waals surface area contributed by atoms with Gasteiger partial charge in [0, 0.05) is 38.0 Å². The van der Waals surface area contributed by atoms with Gasteiger partial charge < -0.3 is 10.2 Å². The third-order valence-electron chi connectivity index (χ3n) is 2.81. The van der Waals surface area contributed by atoms with Crippen molar-refractivity contribution in [2.24, 2.45) is 5.92 Å². The van der Waals surface area contributed by atoms with E-state index in [0.29, 0.717) is 18.0 Å². The molecule has 3 nitrogen and oxygen atoms in total. The third-order valence-corrected chi connectivity index (χ3v) is 2.81. The second-order valence-corrected chi connectivity index (χ2v) is 4.30. The molecule has 1 fully saturated rings. The summed E-state index contributed by atoms with van der Waals surface area (Å²) in [6, 6.07) is 0.966. The van der Waals surface area contributed by atoms with Gasteiger partial charge >= 0.3 is 0 Å². The zero-order valence-electron chi connectivity index (χ0n) is 9.00. The second kappa shape index (κ2) is 4.09. The lowest BCUT2D eigenvalue weighted by molar-refractivity contribution is -0.120. The summed E-state index contributed by atoms with van der Waals surface area (Å²) in [5.41, 5.74) is 0. The van der Waals surface area contributed by atoms with E-state index in [0.717, 1.165) is 13.1 Å². The van der Waals surface area contributed by atoms with Crippen molar-refractivity contribution < 1.29 is 4.79 Å². The van der Waals surface area contributed by atoms with Gasteiger partial charge in [-0.25, -0.2) is 0 Å². The zero-order valence-corrected chi connectivity index (χ0v) is 9.00. The van der Waals surface area contributed by atoms with Crippen LogP contribution in [0.5, 0.6) is 0 Å². The van der Waals surface area contributed by atoms with Crippen LogP contribution in [0.25, 0.3) is 0 Å². The summed E-state index contributed by atoms with van der Waals surface area (Å²) < 4.78 is 0. The fraction of sp³-hybridized carbons (Fsp3) is 0.900. The van der Waals surface area contributed by atoms with Gasteiger partial charge in [-0.15, -0.1) is 0 Å². The van der Waals surface area contributed by atoms with E-state index in [4.69, 9.17) is 0 Å². The van der Waals surface area contributed by atoms with Crippen molar-refractivity contribution in [2.45, 2.75) is 39.8 Å². The highest BCUT2D eigenvalue weighted by molar-refractivity contribution is 5.73. The highest BCUT2D eigenvalue weighted by Gasteiger charge is 2.32. The van der Waals surface area contributed by atoms with Gasteiger partial charge in [0.2, 0.25) is 5.91 Å². The Hall–Kier alpha value is -0.570. The molecule has 1 amide bonds. The first-order valence-electron chi connectivity index (χ1n) is 5.02. The molecular formula is C10H20N2O. The number of carbonyl (C=O) groups excluding carboxylic acids is 1. The van der Waals surface area contributed by atoms with Crippen LogP contribution in [0.2, 0.25) is 0 Å². The first-order valence-corrected chi connectivity index (χ1v) is 5.02. The number of rotatable bonds is 3. The highest BCUT2D eigenvalue weighted by Crippen LogP contribution is 2.21. The largest absolute Gasteiger partial charge is 0.354 e. The van der Waals surface area contributed by atoms with Gasteiger partial charge in [0.05, 0.1) is 0 Å². The number of hydrogen-bond acceptors (Lipinski definition) is 2. The summed E-state index contributed by atoms with van der Waals surface area (Å²) in [7, 11) is 0. The van der Waals surface area contributed by atoms with Crippen molar-refractivity contribution in [2.75, 3.05) is 13.1 Å². The van der Waals surface area contributed by atoms with E-state index >= 15 is 0 Å². The van der Waals surface area contributed by atoms with Crippen molar-refractivity contribution in [3.63, 3.8) is 0 Å². The van der Waals surface area contributed by atoms with Gasteiger partial charge in [0.15, 0.2) is 0 Å². The molecule has 0 aromatic rings. The molecule has 76 valence electrons. The fourth-order valence-electron chi connectivity index (χ4n) is 1.73. The number of likely N-dealkylation sites (tertiary alicyclic amines) is 1. The van der Waals surface area contributed by atoms with E-state index in [1.54, 1.807) is 6.92 Å². The molecule has 0 saturated carbocycles. The number of nitrogens with one attached hydrogen (secondary N) is 1. The molecule has 0 radical (unpaired) electrons. The minimum absolute atomic E-state index is 0.0792. The molecule has 1 heterocycles. The molecule has 1 saturated heterocycles. The number of carbonyl (C=O) groups is 1. The molecule has 0 aromatic carbocycles. The summed E-state index contributed by atoms with van der Waals surface area (Å²) in [5, 5.41) is 2.94. The zero-order chi connectivity index (χ0) is 10.0. The molecule has 1 atom stereocenters. The summed E-state index contributed by atoms with van der Waals surface area (Å²) in [6.45, 7) is 10.3. The normalized spacial score (nSPS) is 21.3. The van der Waals surface area contributed by atoms with Crippen molar-refractivity contribution >= 4 is 5.91 Å². The molecule has 0 aliphatic carbocycles. The summed E-state index contributed by atoms with van der Waals surface area (Å²) in [5.74, 6) is 0.724. The van der Waals surface area contributed by atoms with E-state index in [9.17, 15) is 4.79 Å². The van der Waals surface area contributed by atoms with E-state index in [-0.39, 0.29) is 5.91 Å². The minimum Gasteiger partial charge on any atom is -0.354 e. The van der Waals surface area contributed by atoms with Crippen LogP contribution in [-0.4, -0.2) is 36.0 Å². The molecule has 3 heteroatoms. The molecule has 1 aliphatic rings. The Bertz CT molecular complexity index is 185. The van der Waals surface area contributed by atoms with Gasteiger partial charge in [0.25, 0.3) is 0 Å². The van der Waals surface area contributed by atoms with Gasteiger partial charge in [-0.3, -0.25) is 4.79 Å². The van der Waals surface area contributed by atoms with Gasteiger partial charge in [0.1, 0.15) is 0 Å². The molecule has 0 spiro atoms. The molecule has 1 N–H and O–H groups in total. The Morgan fingerprint density at radius 3 is 2.31 bits per heavy atom. The number of hydrogen-bond donors (Lipinski definition) is 1. The molecule has 13 heavy (non-hydrogen) atoms. The van der Waals surface area contributed by atoms with Crippen LogP contribution in [0.15, 0.2) is 0 Å². The van der Waals surface area contributed by atoms with Gasteiger partial charge in [-0.2, -0.15) is 0 Å². The first-order chi connectivity index (χ1) is 6.00. The summed E-state index contributed by atoms with van der Waals surface area (Å²) in [6.07, 6.45) is 0. The van der Waals surface area contributed by atoms with E-state index < -0.39 is 0 Å². The standard InChI is InChI=1S/C10H20N2O/c1-7(2)12-5-10(6-12)8(3)11-9(4)13/h7-8,10H,5-6H2,1-4H3,(H,11,13). The minimum atomic E-state index is 0.0792. The molecular weight excluding hydrogens is 164 g/mol. The van der Waals surface area contributed by atoms with Crippen molar-refractivity contribution in [3.8, 4) is 0 Å². The average Bonchev–Trinajstić information content (AvgIpc) is 1.79. The molecule has 1 rings (SSSR count). The van der Waals surface area contributed by atoms with Crippen LogP contribution in [-0.2, 0) is 4.79 Å². The van der Waals surface area contributed by atoms with Crippen LogP contribution >= 0.6 is 0 Å². The first kappa shape index (κ1) is 10.5. The maximum Gasteiger partial charge on any atom is 0.217 e. The van der Waals surface area contributed by atoms with E-state index in [1.165, 1.54) is 0 Å². The maximum absolute atomic E-state index is 10.8. The summed E-state index contributed by atoms with van der Waals surface area (Å²) >= 11 is 0. The number of amides is 1. The Morgan fingerprint density at radius 1 is 1.38 bits per heavy atom. The third kappa shape index (κ3) is 2.69. The van der Waals surface area contributed by atoms with Crippen molar-refractivity contribution in [1.82, 2.24) is 10.2 Å². The van der Waals surface area contributed by atoms with Crippen LogP contribution in [0, 0.1) is 5.92 Å². The smallest absolute Gasteiger partial charge is 0.217 e. The van der Waals surface area contributed by atoms with Crippen LogP contribution in [0.4, 0.5) is 0 Å². The Balaban J connectivity index is 2.23. The lowest BCUT2D eigenvalue weighted by Crippen LogP contribution is -2.57. The lowest BCUT2D eigenvalue weighted by Gasteiger charge is -2.44. The quantitative estimate of drug-likeness (QED) is 0.705. The van der Waals surface area contributed by atoms with E-state index in [1.807, 2.05) is 0 Å². The predicted molar refractivity (Wildman–Crippen MR) is 53.5 cm³/mol. The van der Waals surface area contributed by atoms with Crippen LogP contribution in [0.1, 0.15) is 27.7 Å². The highest BCUT2D eigenvalue weighted by atomic mass is 16.1. The van der Waals surface area contributed by atoms with E-state index in [2.05, 4.69) is 31.0 Å². The lowest BCUT2D eigenvalue weighted by atomic mass is 9.91. The topological polar surface area (TPSA) is 32.3 Å². The predicted octanol–water partition coefficient (Wildman–Crippen LogP) is 0.851. The number of nitrogens with zero attached hydrogens (tertiary/aromatic N) is 1. The van der Waals surface area contributed by atoms with Gasteiger partial charge in [-0.1, -0.05) is 0 Å². The van der Waals surface area contributed by atoms with Gasteiger partial charge in [-0.05, 0) is 20.8 Å². The molecule has 0 bridgehead atoms. The fourth-order valence-corrected chi connectivity index (χ4v) is 1.73. The molecule has 1 unspecified atom stereocenters. The van der Waals surface area contributed by atoms with Crippen molar-refractivity contribution in [3.05, 3.63) is 0 Å². The monoisotopic (exact) mass is 184 g/mol. The molecule has 1 aliphatic heterocycles. The summed E-state index contributed by atoms with van der Waals surface area (Å²) in [4.78, 5) is 13.2. The SMILES string of the molecule is CC(=O)NC(C)C1CN(C(C)C)C1. The van der Waals surface area contributed by atoms with Crippen LogP contribution < -0.4 is 5.32 Å². The second-order valence-electron chi connectivity index (χ2n) is 4.30.